The summed E-state index contributed by atoms with van der Waals surface area (Å²) in [5.74, 6) is 0.509. The van der Waals surface area contributed by atoms with Crippen LogP contribution in [0.4, 0.5) is 4.79 Å². The Bertz CT molecular complexity index is 860. The average molecular weight is 468 g/mol. The number of carbonyl (C=O) groups is 2. The van der Waals surface area contributed by atoms with E-state index in [4.69, 9.17) is 16.3 Å². The molecule has 0 radical (unpaired) electrons. The Labute approximate surface area is 177 Å². The normalized spacial score (nSPS) is 20.2. The SMILES string of the molecule is C[NH+](CCOc1ccc(Br)cc1)CN1C(=O)N[C@](C)(c2ccc(Cl)cc2)C1=O. The Morgan fingerprint density at radius 3 is 2.43 bits per heavy atom. The van der Waals surface area contributed by atoms with Gasteiger partial charge in [0.15, 0.2) is 6.67 Å². The predicted octanol–water partition coefficient (Wildman–Crippen LogP) is 2.42. The number of halogens is 2. The van der Waals surface area contributed by atoms with Crippen molar-refractivity contribution < 1.29 is 19.2 Å². The molecule has 1 fully saturated rings. The first-order valence-corrected chi connectivity index (χ1v) is 10.1. The van der Waals surface area contributed by atoms with Gasteiger partial charge in [0.2, 0.25) is 0 Å². The zero-order chi connectivity index (χ0) is 20.3. The van der Waals surface area contributed by atoms with Crippen molar-refractivity contribution in [2.75, 3.05) is 26.9 Å². The summed E-state index contributed by atoms with van der Waals surface area (Å²) in [6.45, 7) is 3.09. The molecule has 2 atom stereocenters. The van der Waals surface area contributed by atoms with E-state index in [-0.39, 0.29) is 12.6 Å². The molecule has 0 bridgehead atoms. The van der Waals surface area contributed by atoms with Crippen LogP contribution in [-0.2, 0) is 10.3 Å². The third-order valence-electron chi connectivity index (χ3n) is 4.74. The molecule has 1 saturated heterocycles. The number of likely N-dealkylation sites (N-methyl/N-ethyl adjacent to an activating group) is 1. The largest absolute Gasteiger partial charge is 0.488 e. The second kappa shape index (κ2) is 8.51. The lowest BCUT2D eigenvalue weighted by atomic mass is 9.92. The number of urea groups is 1. The topological polar surface area (TPSA) is 63.1 Å². The van der Waals surface area contributed by atoms with Crippen molar-refractivity contribution in [2.45, 2.75) is 12.5 Å². The highest BCUT2D eigenvalue weighted by atomic mass is 79.9. The summed E-state index contributed by atoms with van der Waals surface area (Å²) in [5, 5.41) is 3.38. The van der Waals surface area contributed by atoms with E-state index in [0.717, 1.165) is 15.1 Å². The van der Waals surface area contributed by atoms with Gasteiger partial charge >= 0.3 is 6.03 Å². The third kappa shape index (κ3) is 4.48. The molecule has 6 nitrogen and oxygen atoms in total. The van der Waals surface area contributed by atoms with E-state index in [1.807, 2.05) is 31.3 Å². The molecule has 1 heterocycles. The van der Waals surface area contributed by atoms with Crippen molar-refractivity contribution in [3.63, 3.8) is 0 Å². The van der Waals surface area contributed by atoms with Gasteiger partial charge in [0.1, 0.15) is 24.4 Å². The molecule has 2 aromatic carbocycles. The van der Waals surface area contributed by atoms with Gasteiger partial charge in [0.05, 0.1) is 7.05 Å². The van der Waals surface area contributed by atoms with Crippen LogP contribution >= 0.6 is 27.5 Å². The number of carbonyl (C=O) groups excluding carboxylic acids is 2. The second-order valence-electron chi connectivity index (χ2n) is 6.96. The molecule has 1 aliphatic rings. The highest BCUT2D eigenvalue weighted by Crippen LogP contribution is 2.29. The zero-order valence-electron chi connectivity index (χ0n) is 15.7. The summed E-state index contributed by atoms with van der Waals surface area (Å²) in [5.41, 5.74) is -0.385. The Balaban J connectivity index is 1.57. The van der Waals surface area contributed by atoms with E-state index in [2.05, 4.69) is 21.2 Å². The second-order valence-corrected chi connectivity index (χ2v) is 8.31. The molecule has 1 aliphatic heterocycles. The number of imide groups is 1. The Morgan fingerprint density at radius 2 is 1.79 bits per heavy atom. The van der Waals surface area contributed by atoms with Crippen LogP contribution < -0.4 is 15.0 Å². The molecule has 0 spiro atoms. The van der Waals surface area contributed by atoms with Crippen molar-refractivity contribution >= 4 is 39.5 Å². The van der Waals surface area contributed by atoms with E-state index >= 15 is 0 Å². The van der Waals surface area contributed by atoms with Crippen molar-refractivity contribution in [1.29, 1.82) is 0 Å². The number of hydrogen-bond acceptors (Lipinski definition) is 3. The fraction of sp³-hybridized carbons (Fsp3) is 0.300. The number of nitrogens with one attached hydrogen (secondary N) is 2. The van der Waals surface area contributed by atoms with Crippen LogP contribution in [0.5, 0.6) is 5.75 Å². The lowest BCUT2D eigenvalue weighted by Crippen LogP contribution is -3.11. The van der Waals surface area contributed by atoms with Crippen LogP contribution in [-0.4, -0.2) is 43.7 Å². The van der Waals surface area contributed by atoms with E-state index in [1.54, 1.807) is 31.2 Å². The van der Waals surface area contributed by atoms with Crippen LogP contribution in [0.1, 0.15) is 12.5 Å². The van der Waals surface area contributed by atoms with E-state index < -0.39 is 11.6 Å². The first kappa shape index (κ1) is 20.6. The number of ether oxygens (including phenoxy) is 1. The van der Waals surface area contributed by atoms with E-state index in [9.17, 15) is 9.59 Å². The highest BCUT2D eigenvalue weighted by molar-refractivity contribution is 9.10. The molecular weight excluding hydrogens is 446 g/mol. The minimum Gasteiger partial charge on any atom is -0.488 e. The summed E-state index contributed by atoms with van der Waals surface area (Å²) >= 11 is 9.31. The van der Waals surface area contributed by atoms with Gasteiger partial charge in [-0.05, 0) is 48.9 Å². The van der Waals surface area contributed by atoms with Gasteiger partial charge in [-0.25, -0.2) is 9.69 Å². The lowest BCUT2D eigenvalue weighted by Gasteiger charge is -2.23. The smallest absolute Gasteiger partial charge is 0.329 e. The summed E-state index contributed by atoms with van der Waals surface area (Å²) < 4.78 is 6.70. The predicted molar refractivity (Wildman–Crippen MR) is 110 cm³/mol. The molecule has 0 aliphatic carbocycles. The maximum absolute atomic E-state index is 12.9. The zero-order valence-corrected chi connectivity index (χ0v) is 18.0. The first-order chi connectivity index (χ1) is 13.3. The Kier molecular flexibility index (Phi) is 6.27. The molecule has 2 aromatic rings. The number of nitrogens with zero attached hydrogens (tertiary/aromatic N) is 1. The molecule has 0 aromatic heterocycles. The summed E-state index contributed by atoms with van der Waals surface area (Å²) in [6, 6.07) is 14.1. The van der Waals surface area contributed by atoms with Gasteiger partial charge in [-0.2, -0.15) is 0 Å². The maximum atomic E-state index is 12.9. The molecule has 28 heavy (non-hydrogen) atoms. The van der Waals surface area contributed by atoms with Crippen LogP contribution in [0.2, 0.25) is 5.02 Å². The summed E-state index contributed by atoms with van der Waals surface area (Å²) in [6.07, 6.45) is 0. The molecule has 3 rings (SSSR count). The quantitative estimate of drug-likeness (QED) is 0.615. The van der Waals surface area contributed by atoms with Crippen LogP contribution in [0.3, 0.4) is 0 Å². The minimum absolute atomic E-state index is 0.261. The number of rotatable bonds is 7. The van der Waals surface area contributed by atoms with Crippen LogP contribution in [0, 0.1) is 0 Å². The van der Waals surface area contributed by atoms with Gasteiger partial charge in [-0.15, -0.1) is 0 Å². The summed E-state index contributed by atoms with van der Waals surface area (Å²) in [7, 11) is 1.92. The van der Waals surface area contributed by atoms with Gasteiger partial charge in [0, 0.05) is 9.50 Å². The molecule has 1 unspecified atom stereocenters. The summed E-state index contributed by atoms with van der Waals surface area (Å²) in [4.78, 5) is 27.6. The molecule has 2 N–H and O–H groups in total. The highest BCUT2D eigenvalue weighted by Gasteiger charge is 2.49. The number of quaternary nitrogens is 1. The molecule has 0 saturated carbocycles. The molecular formula is C20H22BrClN3O3+. The van der Waals surface area contributed by atoms with Crippen molar-refractivity contribution in [1.82, 2.24) is 10.2 Å². The lowest BCUT2D eigenvalue weighted by molar-refractivity contribution is -0.887. The van der Waals surface area contributed by atoms with E-state index in [0.29, 0.717) is 23.7 Å². The number of amides is 3. The third-order valence-corrected chi connectivity index (χ3v) is 5.52. The van der Waals surface area contributed by atoms with Gasteiger partial charge in [-0.1, -0.05) is 39.7 Å². The molecule has 148 valence electrons. The first-order valence-electron chi connectivity index (χ1n) is 8.89. The van der Waals surface area contributed by atoms with E-state index in [1.165, 1.54) is 4.90 Å². The van der Waals surface area contributed by atoms with Crippen molar-refractivity contribution in [3.05, 3.63) is 63.6 Å². The van der Waals surface area contributed by atoms with Gasteiger partial charge in [-0.3, -0.25) is 4.79 Å². The standard InChI is InChI=1S/C20H21BrClN3O3/c1-20(14-3-7-16(22)8-4-14)18(26)25(19(27)23-20)13-24(2)11-12-28-17-9-5-15(21)6-10-17/h3-10H,11-13H2,1-2H3,(H,23,27)/p+1/t20-/m1/s1. The van der Waals surface area contributed by atoms with Gasteiger partial charge in [0.25, 0.3) is 5.91 Å². The molecule has 3 amide bonds. The van der Waals surface area contributed by atoms with Crippen LogP contribution in [0.25, 0.3) is 0 Å². The van der Waals surface area contributed by atoms with Crippen molar-refractivity contribution in [2.24, 2.45) is 0 Å². The average Bonchev–Trinajstić information content (AvgIpc) is 2.88. The van der Waals surface area contributed by atoms with Crippen molar-refractivity contribution in [3.8, 4) is 5.75 Å². The molecule has 8 heteroatoms. The minimum atomic E-state index is -1.09. The number of benzene rings is 2. The fourth-order valence-corrected chi connectivity index (χ4v) is 3.43. The Morgan fingerprint density at radius 1 is 1.14 bits per heavy atom. The van der Waals surface area contributed by atoms with Crippen LogP contribution in [0.15, 0.2) is 53.0 Å². The Hall–Kier alpha value is -2.09. The van der Waals surface area contributed by atoms with Gasteiger partial charge < -0.3 is 15.0 Å². The maximum Gasteiger partial charge on any atom is 0.329 e. The number of hydrogen-bond donors (Lipinski definition) is 2. The monoisotopic (exact) mass is 466 g/mol. The fourth-order valence-electron chi connectivity index (χ4n) is 3.04.